The quantitative estimate of drug-likeness (QED) is 0.413. The third kappa shape index (κ3) is 7.21. The van der Waals surface area contributed by atoms with E-state index in [-0.39, 0.29) is 30.3 Å². The number of anilines is 3. The Morgan fingerprint density at radius 2 is 1.33 bits per heavy atom. The van der Waals surface area contributed by atoms with Crippen LogP contribution in [0.5, 0.6) is 0 Å². The van der Waals surface area contributed by atoms with Crippen molar-refractivity contribution in [3.8, 4) is 0 Å². The highest BCUT2D eigenvalue weighted by Crippen LogP contribution is 2.15. The molecule has 0 radical (unpaired) electrons. The first kappa shape index (κ1) is 23.5. The highest BCUT2D eigenvalue weighted by Gasteiger charge is 2.09. The van der Waals surface area contributed by atoms with Gasteiger partial charge < -0.3 is 21.3 Å². The second-order valence-electron chi connectivity index (χ2n) is 8.01. The van der Waals surface area contributed by atoms with Crippen molar-refractivity contribution >= 4 is 34.8 Å². The van der Waals surface area contributed by atoms with Gasteiger partial charge in [0.15, 0.2) is 0 Å². The minimum Gasteiger partial charge on any atom is -0.376 e. The zero-order valence-corrected chi connectivity index (χ0v) is 18.9. The lowest BCUT2D eigenvalue weighted by Crippen LogP contribution is -2.30. The first-order chi connectivity index (χ1) is 15.8. The molecule has 0 atom stereocenters. The van der Waals surface area contributed by atoms with Crippen LogP contribution in [0.4, 0.5) is 17.1 Å². The first-order valence-corrected chi connectivity index (χ1v) is 10.7. The summed E-state index contributed by atoms with van der Waals surface area (Å²) in [5.41, 5.74) is 4.18. The molecule has 0 aromatic heterocycles. The summed E-state index contributed by atoms with van der Waals surface area (Å²) in [5, 5.41) is 11.5. The number of nitrogens with one attached hydrogen (secondary N) is 4. The van der Waals surface area contributed by atoms with Gasteiger partial charge in [0.2, 0.25) is 5.91 Å². The fraction of sp³-hybridized carbons (Fsp3) is 0.192. The van der Waals surface area contributed by atoms with E-state index in [0.29, 0.717) is 22.5 Å². The normalized spacial score (nSPS) is 10.4. The lowest BCUT2D eigenvalue weighted by molar-refractivity contribution is -0.114. The van der Waals surface area contributed by atoms with Gasteiger partial charge in [0, 0.05) is 34.2 Å². The second kappa shape index (κ2) is 10.9. The molecule has 0 aliphatic heterocycles. The average Bonchev–Trinajstić information content (AvgIpc) is 2.78. The molecule has 0 fully saturated rings. The standard InChI is InChI=1S/C26H28N4O3/c1-17(2)28-25(32)19-7-9-22(10-8-19)29-24(31)16-27-21-11-13-23(14-12-21)30-26(33)20-6-4-5-18(3)15-20/h4-15,17,27H,16H2,1-3H3,(H,28,32)(H,29,31)(H,30,33). The Labute approximate surface area is 193 Å². The zero-order chi connectivity index (χ0) is 23.8. The van der Waals surface area contributed by atoms with E-state index in [2.05, 4.69) is 21.3 Å². The molecule has 7 heteroatoms. The van der Waals surface area contributed by atoms with E-state index in [1.54, 1.807) is 54.6 Å². The highest BCUT2D eigenvalue weighted by atomic mass is 16.2. The molecule has 3 rings (SSSR count). The predicted molar refractivity (Wildman–Crippen MR) is 132 cm³/mol. The monoisotopic (exact) mass is 444 g/mol. The number of benzene rings is 3. The summed E-state index contributed by atoms with van der Waals surface area (Å²) in [6, 6.07) is 21.3. The van der Waals surface area contributed by atoms with E-state index in [0.717, 1.165) is 11.3 Å². The number of hydrogen-bond donors (Lipinski definition) is 4. The molecule has 4 N–H and O–H groups in total. The van der Waals surface area contributed by atoms with Crippen LogP contribution in [0.25, 0.3) is 0 Å². The largest absolute Gasteiger partial charge is 0.376 e. The van der Waals surface area contributed by atoms with Crippen molar-refractivity contribution in [1.82, 2.24) is 5.32 Å². The molecule has 0 bridgehead atoms. The van der Waals surface area contributed by atoms with Crippen molar-refractivity contribution < 1.29 is 14.4 Å². The van der Waals surface area contributed by atoms with Gasteiger partial charge in [-0.1, -0.05) is 17.7 Å². The van der Waals surface area contributed by atoms with Crippen LogP contribution < -0.4 is 21.3 Å². The molecule has 33 heavy (non-hydrogen) atoms. The van der Waals surface area contributed by atoms with Gasteiger partial charge in [0.1, 0.15) is 0 Å². The van der Waals surface area contributed by atoms with Crippen LogP contribution >= 0.6 is 0 Å². The third-order valence-electron chi connectivity index (χ3n) is 4.73. The molecular formula is C26H28N4O3. The number of amides is 3. The minimum atomic E-state index is -0.216. The molecule has 3 aromatic rings. The fourth-order valence-corrected chi connectivity index (χ4v) is 3.10. The van der Waals surface area contributed by atoms with E-state index in [4.69, 9.17) is 0 Å². The SMILES string of the molecule is Cc1cccc(C(=O)Nc2ccc(NCC(=O)Nc3ccc(C(=O)NC(C)C)cc3)cc2)c1. The Balaban J connectivity index is 1.47. The summed E-state index contributed by atoms with van der Waals surface area (Å²) in [6.45, 7) is 5.81. The van der Waals surface area contributed by atoms with Crippen LogP contribution in [0.3, 0.4) is 0 Å². The molecule has 170 valence electrons. The number of hydrogen-bond acceptors (Lipinski definition) is 4. The van der Waals surface area contributed by atoms with Gasteiger partial charge in [-0.2, -0.15) is 0 Å². The molecule has 3 aromatic carbocycles. The van der Waals surface area contributed by atoms with E-state index >= 15 is 0 Å². The van der Waals surface area contributed by atoms with Crippen molar-refractivity contribution in [2.24, 2.45) is 0 Å². The topological polar surface area (TPSA) is 99.3 Å². The Morgan fingerprint density at radius 3 is 1.97 bits per heavy atom. The Bertz CT molecular complexity index is 1120. The average molecular weight is 445 g/mol. The molecule has 0 unspecified atom stereocenters. The van der Waals surface area contributed by atoms with Gasteiger partial charge in [-0.15, -0.1) is 0 Å². The van der Waals surface area contributed by atoms with Crippen LogP contribution in [-0.2, 0) is 4.79 Å². The zero-order valence-electron chi connectivity index (χ0n) is 18.9. The summed E-state index contributed by atoms with van der Waals surface area (Å²) in [5.74, 6) is -0.541. The van der Waals surface area contributed by atoms with Crippen molar-refractivity contribution in [3.05, 3.63) is 89.5 Å². The molecule has 0 aliphatic carbocycles. The molecular weight excluding hydrogens is 416 g/mol. The lowest BCUT2D eigenvalue weighted by atomic mass is 10.1. The smallest absolute Gasteiger partial charge is 0.255 e. The minimum absolute atomic E-state index is 0.0569. The van der Waals surface area contributed by atoms with Gasteiger partial charge in [0.05, 0.1) is 6.54 Å². The number of rotatable bonds is 8. The van der Waals surface area contributed by atoms with Crippen LogP contribution in [0.2, 0.25) is 0 Å². The lowest BCUT2D eigenvalue weighted by Gasteiger charge is -2.11. The summed E-state index contributed by atoms with van der Waals surface area (Å²) in [7, 11) is 0. The number of carbonyl (C=O) groups excluding carboxylic acids is 3. The van der Waals surface area contributed by atoms with Crippen molar-refractivity contribution in [2.75, 3.05) is 22.5 Å². The van der Waals surface area contributed by atoms with Crippen molar-refractivity contribution in [1.29, 1.82) is 0 Å². The molecule has 0 aliphatic rings. The van der Waals surface area contributed by atoms with Gasteiger partial charge in [-0.25, -0.2) is 0 Å². The van der Waals surface area contributed by atoms with Gasteiger partial charge in [0.25, 0.3) is 11.8 Å². The molecule has 0 spiro atoms. The fourth-order valence-electron chi connectivity index (χ4n) is 3.10. The van der Waals surface area contributed by atoms with Crippen LogP contribution in [0.1, 0.15) is 40.1 Å². The maximum absolute atomic E-state index is 12.3. The van der Waals surface area contributed by atoms with Gasteiger partial charge >= 0.3 is 0 Å². The van der Waals surface area contributed by atoms with Gasteiger partial charge in [-0.3, -0.25) is 14.4 Å². The number of carbonyl (C=O) groups is 3. The van der Waals surface area contributed by atoms with E-state index < -0.39 is 0 Å². The molecule has 3 amide bonds. The Hall–Kier alpha value is -4.13. The van der Waals surface area contributed by atoms with Gasteiger partial charge in [-0.05, 0) is 81.4 Å². The second-order valence-corrected chi connectivity index (χ2v) is 8.01. The number of aryl methyl sites for hydroxylation is 1. The van der Waals surface area contributed by atoms with Crippen molar-refractivity contribution in [3.63, 3.8) is 0 Å². The Kier molecular flexibility index (Phi) is 7.81. The summed E-state index contributed by atoms with van der Waals surface area (Å²) in [6.07, 6.45) is 0. The summed E-state index contributed by atoms with van der Waals surface area (Å²) in [4.78, 5) is 36.6. The predicted octanol–water partition coefficient (Wildman–Crippen LogP) is 4.44. The molecule has 0 heterocycles. The van der Waals surface area contributed by atoms with Crippen LogP contribution in [0.15, 0.2) is 72.8 Å². The maximum atomic E-state index is 12.3. The van der Waals surface area contributed by atoms with Crippen LogP contribution in [0, 0.1) is 6.92 Å². The van der Waals surface area contributed by atoms with E-state index in [9.17, 15) is 14.4 Å². The highest BCUT2D eigenvalue weighted by molar-refractivity contribution is 6.04. The Morgan fingerprint density at radius 1 is 0.727 bits per heavy atom. The van der Waals surface area contributed by atoms with Crippen LogP contribution in [-0.4, -0.2) is 30.3 Å². The molecule has 0 saturated heterocycles. The van der Waals surface area contributed by atoms with E-state index in [1.807, 2.05) is 39.0 Å². The summed E-state index contributed by atoms with van der Waals surface area (Å²) < 4.78 is 0. The van der Waals surface area contributed by atoms with Crippen molar-refractivity contribution in [2.45, 2.75) is 26.8 Å². The first-order valence-electron chi connectivity index (χ1n) is 10.7. The molecule has 0 saturated carbocycles. The van der Waals surface area contributed by atoms with E-state index in [1.165, 1.54) is 0 Å². The molecule has 7 nitrogen and oxygen atoms in total. The maximum Gasteiger partial charge on any atom is 0.255 e. The third-order valence-corrected chi connectivity index (χ3v) is 4.73. The summed E-state index contributed by atoms with van der Waals surface area (Å²) >= 11 is 0.